The zero-order valence-corrected chi connectivity index (χ0v) is 19.6. The monoisotopic (exact) mass is 424 g/mol. The van der Waals surface area contributed by atoms with E-state index in [2.05, 4.69) is 6.92 Å². The molecule has 8 nitrogen and oxygen atoms in total. The Morgan fingerprint density at radius 2 is 1.30 bits per heavy atom. The third-order valence-corrected chi connectivity index (χ3v) is 3.63. The van der Waals surface area contributed by atoms with Crippen LogP contribution in [0.5, 0.6) is 0 Å². The first kappa shape index (κ1) is 31.9. The molecule has 10 heteroatoms. The Kier molecular flexibility index (Phi) is 26.7. The number of aliphatic hydroxyl groups excluding tert-OH is 2. The summed E-state index contributed by atoms with van der Waals surface area (Å²) in [5.41, 5.74) is 0. The van der Waals surface area contributed by atoms with Gasteiger partial charge in [0.05, 0.1) is 6.61 Å². The number of unbranched alkanes of at least 4 members (excludes halogenated alkanes) is 10. The number of esters is 1. The Bertz CT molecular complexity index is 415. The smallest absolute Gasteiger partial charge is 1.00 e. The predicted octanol–water partition coefficient (Wildman–Crippen LogP) is 0.0476. The van der Waals surface area contributed by atoms with Crippen LogP contribution in [0, 0.1) is 0 Å². The van der Waals surface area contributed by atoms with Crippen molar-refractivity contribution in [2.24, 2.45) is 0 Å². The molecule has 1 atom stereocenters. The molecule has 160 valence electrons. The number of hydrogen-bond acceptors (Lipinski definition) is 6. The third-order valence-electron chi connectivity index (χ3n) is 3.63. The summed E-state index contributed by atoms with van der Waals surface area (Å²) in [4.78, 5) is 11.3. The zero-order valence-electron chi connectivity index (χ0n) is 17.8. The fourth-order valence-electron chi connectivity index (χ4n) is 2.25. The molecular weight excluding hydrogens is 387 g/mol. The van der Waals surface area contributed by atoms with Crippen LogP contribution in [0.25, 0.3) is 0 Å². The largest absolute Gasteiger partial charge is 1.00 e. The minimum atomic E-state index is -4.67. The topological polar surface area (TPSA) is 141 Å². The van der Waals surface area contributed by atoms with Crippen LogP contribution in [0.2, 0.25) is 0 Å². The van der Waals surface area contributed by atoms with Crippen molar-refractivity contribution in [2.75, 3.05) is 13.2 Å². The number of hydrogen-bond donors (Lipinski definition) is 4. The molecule has 0 heterocycles. The number of carbonyl (C=O) groups is 1. The van der Waals surface area contributed by atoms with E-state index in [1.54, 1.807) is 0 Å². The standard InChI is InChI=1S/C17H34O4.Na.H2O4S.H/c1-2-3-4-5-6-7-8-9-10-11-12-13-17(20)21-15-16(19)14-18;;1-5(2,3)4;/h16,18-19H,2-15H2,1H3;;(H2,1,2,3,4);/q;+1;;-1. The molecular formula is C17H37NaO8S. The van der Waals surface area contributed by atoms with Crippen molar-refractivity contribution in [1.29, 1.82) is 0 Å². The molecule has 0 aromatic heterocycles. The van der Waals surface area contributed by atoms with Crippen molar-refractivity contribution in [1.82, 2.24) is 0 Å². The van der Waals surface area contributed by atoms with E-state index < -0.39 is 16.5 Å². The number of aliphatic hydroxyl groups is 2. The van der Waals surface area contributed by atoms with Crippen LogP contribution in [0.4, 0.5) is 0 Å². The first-order valence-electron chi connectivity index (χ1n) is 9.35. The van der Waals surface area contributed by atoms with Gasteiger partial charge >= 0.3 is 45.9 Å². The van der Waals surface area contributed by atoms with E-state index in [0.29, 0.717) is 6.42 Å². The molecule has 0 aromatic carbocycles. The molecule has 0 aliphatic rings. The first-order chi connectivity index (χ1) is 12.2. The van der Waals surface area contributed by atoms with E-state index in [-0.39, 0.29) is 50.2 Å². The van der Waals surface area contributed by atoms with Crippen LogP contribution in [0.1, 0.15) is 85.4 Å². The summed E-state index contributed by atoms with van der Waals surface area (Å²) in [6.45, 7) is 1.77. The SMILES string of the molecule is CCCCCCCCCCCCCC(=O)OCC(O)CO.O=S(=O)(O)O.[H-].[Na+]. The summed E-state index contributed by atoms with van der Waals surface area (Å²) in [7, 11) is -4.67. The van der Waals surface area contributed by atoms with E-state index in [9.17, 15) is 4.79 Å². The fraction of sp³-hybridized carbons (Fsp3) is 0.941. The van der Waals surface area contributed by atoms with E-state index in [4.69, 9.17) is 32.5 Å². The molecule has 0 fully saturated rings. The van der Waals surface area contributed by atoms with Crippen LogP contribution in [0.3, 0.4) is 0 Å². The third kappa shape index (κ3) is 37.7. The normalized spacial score (nSPS) is 11.7. The number of carbonyl (C=O) groups excluding carboxylic acids is 1. The van der Waals surface area contributed by atoms with Gasteiger partial charge in [0.1, 0.15) is 12.7 Å². The predicted molar refractivity (Wildman–Crippen MR) is 100 cm³/mol. The van der Waals surface area contributed by atoms with Crippen LogP contribution >= 0.6 is 0 Å². The van der Waals surface area contributed by atoms with Crippen molar-refractivity contribution in [3.05, 3.63) is 0 Å². The first-order valence-corrected chi connectivity index (χ1v) is 10.7. The molecule has 0 aromatic rings. The summed E-state index contributed by atoms with van der Waals surface area (Å²) >= 11 is 0. The molecule has 0 aliphatic carbocycles. The molecule has 1 unspecified atom stereocenters. The molecule has 0 aliphatic heterocycles. The molecule has 0 rings (SSSR count). The Labute approximate surface area is 187 Å². The van der Waals surface area contributed by atoms with Gasteiger partial charge in [-0.05, 0) is 6.42 Å². The maximum absolute atomic E-state index is 11.3. The zero-order chi connectivity index (χ0) is 20.3. The van der Waals surface area contributed by atoms with Gasteiger partial charge in [0, 0.05) is 6.42 Å². The maximum atomic E-state index is 11.3. The Balaban J connectivity index is -0.000000364. The van der Waals surface area contributed by atoms with Gasteiger partial charge in [-0.1, -0.05) is 71.1 Å². The Hall–Kier alpha value is 0.260. The van der Waals surface area contributed by atoms with Crippen LogP contribution < -0.4 is 29.6 Å². The van der Waals surface area contributed by atoms with Gasteiger partial charge in [0.25, 0.3) is 0 Å². The van der Waals surface area contributed by atoms with Gasteiger partial charge in [-0.2, -0.15) is 8.42 Å². The molecule has 27 heavy (non-hydrogen) atoms. The summed E-state index contributed by atoms with van der Waals surface area (Å²) in [6, 6.07) is 0. The van der Waals surface area contributed by atoms with Crippen LogP contribution in [0.15, 0.2) is 0 Å². The summed E-state index contributed by atoms with van der Waals surface area (Å²) < 4.78 is 36.4. The second-order valence-corrected chi connectivity index (χ2v) is 7.15. The molecule has 4 N–H and O–H groups in total. The van der Waals surface area contributed by atoms with Crippen molar-refractivity contribution in [2.45, 2.75) is 90.1 Å². The van der Waals surface area contributed by atoms with Gasteiger partial charge in [0.2, 0.25) is 0 Å². The van der Waals surface area contributed by atoms with E-state index in [0.717, 1.165) is 12.8 Å². The van der Waals surface area contributed by atoms with E-state index >= 15 is 0 Å². The average molecular weight is 425 g/mol. The average Bonchev–Trinajstić information content (AvgIpc) is 2.56. The van der Waals surface area contributed by atoms with Gasteiger partial charge in [-0.3, -0.25) is 13.9 Å². The summed E-state index contributed by atoms with van der Waals surface area (Å²) in [5, 5.41) is 17.6. The molecule has 0 amide bonds. The Morgan fingerprint density at radius 3 is 1.67 bits per heavy atom. The number of ether oxygens (including phenoxy) is 1. The van der Waals surface area contributed by atoms with E-state index in [1.807, 2.05) is 0 Å². The van der Waals surface area contributed by atoms with E-state index in [1.165, 1.54) is 57.8 Å². The molecule has 0 radical (unpaired) electrons. The van der Waals surface area contributed by atoms with Crippen LogP contribution in [-0.2, 0) is 19.9 Å². The van der Waals surface area contributed by atoms with Crippen molar-refractivity contribution in [3.63, 3.8) is 0 Å². The van der Waals surface area contributed by atoms with Crippen molar-refractivity contribution >= 4 is 16.4 Å². The van der Waals surface area contributed by atoms with Gasteiger partial charge in [0.15, 0.2) is 0 Å². The van der Waals surface area contributed by atoms with Gasteiger partial charge in [-0.25, -0.2) is 0 Å². The molecule has 0 saturated carbocycles. The summed E-state index contributed by atoms with van der Waals surface area (Å²) in [6.07, 6.45) is 13.2. The maximum Gasteiger partial charge on any atom is 1.00 e. The molecule has 0 bridgehead atoms. The Morgan fingerprint density at radius 1 is 0.926 bits per heavy atom. The molecule has 0 saturated heterocycles. The minimum absolute atomic E-state index is 0. The van der Waals surface area contributed by atoms with Crippen LogP contribution in [-0.4, -0.2) is 53.0 Å². The van der Waals surface area contributed by atoms with Crippen molar-refractivity contribution in [3.8, 4) is 0 Å². The second-order valence-electron chi connectivity index (χ2n) is 6.25. The minimum Gasteiger partial charge on any atom is -1.00 e. The summed E-state index contributed by atoms with van der Waals surface area (Å²) in [5.74, 6) is -0.279. The van der Waals surface area contributed by atoms with Crippen molar-refractivity contribution < 1.29 is 68.3 Å². The number of rotatable bonds is 15. The van der Waals surface area contributed by atoms with Gasteiger partial charge < -0.3 is 16.4 Å². The fourth-order valence-corrected chi connectivity index (χ4v) is 2.25. The quantitative estimate of drug-likeness (QED) is 0.125. The molecule has 0 spiro atoms. The van der Waals surface area contributed by atoms with Gasteiger partial charge in [-0.15, -0.1) is 0 Å². The second kappa shape index (κ2) is 22.5.